The molecule has 0 heterocycles. The van der Waals surface area contributed by atoms with Crippen molar-refractivity contribution in [1.82, 2.24) is 0 Å². The predicted octanol–water partition coefficient (Wildman–Crippen LogP) is 8.22. The summed E-state index contributed by atoms with van der Waals surface area (Å²) in [6.07, 6.45) is 6.02. The summed E-state index contributed by atoms with van der Waals surface area (Å²) in [6.45, 7) is 2.00. The van der Waals surface area contributed by atoms with Gasteiger partial charge in [-0.25, -0.2) is 13.2 Å². The molecule has 2 N–H and O–H groups in total. The molecule has 0 saturated heterocycles. The van der Waals surface area contributed by atoms with Gasteiger partial charge in [0.25, 0.3) is 0 Å². The van der Waals surface area contributed by atoms with Crippen LogP contribution in [-0.4, -0.2) is 10.2 Å². The number of phenolic OH excluding ortho intramolecular Hbond substituents is 1. The van der Waals surface area contributed by atoms with E-state index in [-0.39, 0.29) is 17.2 Å². The molecule has 1 fully saturated rings. The molecule has 5 heteroatoms. The highest BCUT2D eigenvalue weighted by molar-refractivity contribution is 5.65. The van der Waals surface area contributed by atoms with Gasteiger partial charge in [-0.05, 0) is 91.2 Å². The molecule has 1 aliphatic carbocycles. The Morgan fingerprint density at radius 1 is 0.886 bits per heavy atom. The van der Waals surface area contributed by atoms with E-state index in [9.17, 15) is 23.4 Å². The highest BCUT2D eigenvalue weighted by Crippen LogP contribution is 2.39. The zero-order valence-corrected chi connectivity index (χ0v) is 20.1. The molecule has 0 aromatic heterocycles. The molecule has 0 bridgehead atoms. The van der Waals surface area contributed by atoms with Crippen molar-refractivity contribution >= 4 is 0 Å². The lowest BCUT2D eigenvalue weighted by atomic mass is 9.77. The molecule has 0 radical (unpaired) electrons. The fourth-order valence-electron chi connectivity index (χ4n) is 5.25. The highest BCUT2D eigenvalue weighted by Gasteiger charge is 2.24. The van der Waals surface area contributed by atoms with Crippen molar-refractivity contribution in [2.75, 3.05) is 0 Å². The van der Waals surface area contributed by atoms with Crippen molar-refractivity contribution in [3.63, 3.8) is 0 Å². The monoisotopic (exact) mass is 482 g/mol. The summed E-state index contributed by atoms with van der Waals surface area (Å²) in [7, 11) is 0. The zero-order chi connectivity index (χ0) is 24.9. The van der Waals surface area contributed by atoms with E-state index < -0.39 is 23.6 Å². The SMILES string of the molecule is CCCC(O)c1ccc(-c2ccc(CCC3CCC(c4ccc(O)c(F)c4)CC3)c(F)c2F)cc1. The molecule has 1 saturated carbocycles. The Hall–Kier alpha value is -2.79. The van der Waals surface area contributed by atoms with Gasteiger partial charge in [0.15, 0.2) is 23.2 Å². The van der Waals surface area contributed by atoms with E-state index in [0.29, 0.717) is 29.9 Å². The van der Waals surface area contributed by atoms with Crippen molar-refractivity contribution in [1.29, 1.82) is 0 Å². The molecule has 1 atom stereocenters. The predicted molar refractivity (Wildman–Crippen MR) is 133 cm³/mol. The van der Waals surface area contributed by atoms with E-state index in [0.717, 1.165) is 49.7 Å². The van der Waals surface area contributed by atoms with Crippen molar-refractivity contribution in [3.05, 3.63) is 88.7 Å². The van der Waals surface area contributed by atoms with Crippen LogP contribution in [0.1, 0.15) is 80.6 Å². The van der Waals surface area contributed by atoms with Gasteiger partial charge in [-0.1, -0.05) is 55.8 Å². The number of aromatic hydroxyl groups is 1. The third-order valence-corrected chi connectivity index (χ3v) is 7.44. The number of benzene rings is 3. The fourth-order valence-corrected chi connectivity index (χ4v) is 5.25. The molecule has 3 aromatic rings. The van der Waals surface area contributed by atoms with Gasteiger partial charge in [0.2, 0.25) is 0 Å². The Bertz CT molecular complexity index is 1140. The van der Waals surface area contributed by atoms with Crippen LogP contribution in [0.4, 0.5) is 13.2 Å². The van der Waals surface area contributed by atoms with Gasteiger partial charge in [0.05, 0.1) is 6.10 Å². The summed E-state index contributed by atoms with van der Waals surface area (Å²) < 4.78 is 43.5. The molecule has 0 amide bonds. The lowest BCUT2D eigenvalue weighted by Gasteiger charge is -2.29. The van der Waals surface area contributed by atoms with Gasteiger partial charge in [-0.2, -0.15) is 0 Å². The topological polar surface area (TPSA) is 40.5 Å². The summed E-state index contributed by atoms with van der Waals surface area (Å²) in [5.74, 6) is -1.84. The summed E-state index contributed by atoms with van der Waals surface area (Å²) >= 11 is 0. The molecule has 186 valence electrons. The molecular formula is C30H33F3O2. The quantitative estimate of drug-likeness (QED) is 0.340. The van der Waals surface area contributed by atoms with E-state index >= 15 is 0 Å². The first-order valence-corrected chi connectivity index (χ1v) is 12.6. The second-order valence-corrected chi connectivity index (χ2v) is 9.79. The molecule has 4 rings (SSSR count). The average molecular weight is 483 g/mol. The summed E-state index contributed by atoms with van der Waals surface area (Å²) in [6, 6.07) is 14.9. The van der Waals surface area contributed by atoms with Gasteiger partial charge >= 0.3 is 0 Å². The van der Waals surface area contributed by atoms with Crippen LogP contribution < -0.4 is 0 Å². The second kappa shape index (κ2) is 11.3. The van der Waals surface area contributed by atoms with E-state index in [2.05, 4.69) is 0 Å². The largest absolute Gasteiger partial charge is 0.505 e. The normalized spacial score (nSPS) is 19.0. The standard InChI is InChI=1S/C30H33F3O2/c1-2-3-27(34)22-12-10-21(11-13-22)25-16-14-23(29(32)30(25)33)9-6-19-4-7-20(8-5-19)24-15-17-28(35)26(31)18-24/h10-20,27,34-35H,2-9H2,1H3. The second-order valence-electron chi connectivity index (χ2n) is 9.79. The summed E-state index contributed by atoms with van der Waals surface area (Å²) in [4.78, 5) is 0. The maximum atomic E-state index is 14.9. The molecule has 1 aliphatic rings. The van der Waals surface area contributed by atoms with Crippen molar-refractivity contribution < 1.29 is 23.4 Å². The number of aryl methyl sites for hydroxylation is 1. The van der Waals surface area contributed by atoms with Crippen LogP contribution in [-0.2, 0) is 6.42 Å². The van der Waals surface area contributed by atoms with Gasteiger partial charge in [0, 0.05) is 5.56 Å². The molecule has 0 spiro atoms. The third-order valence-electron chi connectivity index (χ3n) is 7.44. The van der Waals surface area contributed by atoms with Crippen LogP contribution in [0.2, 0.25) is 0 Å². The molecule has 35 heavy (non-hydrogen) atoms. The number of phenols is 1. The van der Waals surface area contributed by atoms with Gasteiger partial charge in [-0.15, -0.1) is 0 Å². The van der Waals surface area contributed by atoms with Crippen LogP contribution in [0.15, 0.2) is 54.6 Å². The van der Waals surface area contributed by atoms with Crippen LogP contribution >= 0.6 is 0 Å². The molecule has 0 aliphatic heterocycles. The summed E-state index contributed by atoms with van der Waals surface area (Å²) in [5, 5.41) is 19.5. The van der Waals surface area contributed by atoms with Gasteiger partial charge in [-0.3, -0.25) is 0 Å². The fraction of sp³-hybridized carbons (Fsp3) is 0.400. The van der Waals surface area contributed by atoms with Gasteiger partial charge < -0.3 is 10.2 Å². The molecular weight excluding hydrogens is 449 g/mol. The number of aliphatic hydroxyl groups excluding tert-OH is 1. The Morgan fingerprint density at radius 2 is 1.60 bits per heavy atom. The minimum absolute atomic E-state index is 0.226. The van der Waals surface area contributed by atoms with Gasteiger partial charge in [0.1, 0.15) is 0 Å². The van der Waals surface area contributed by atoms with Crippen molar-refractivity contribution in [2.24, 2.45) is 5.92 Å². The lowest BCUT2D eigenvalue weighted by Crippen LogP contribution is -2.14. The van der Waals surface area contributed by atoms with E-state index in [1.165, 1.54) is 12.1 Å². The average Bonchev–Trinajstić information content (AvgIpc) is 2.87. The maximum Gasteiger partial charge on any atom is 0.166 e. The van der Waals surface area contributed by atoms with E-state index in [1.807, 2.05) is 6.92 Å². The maximum absolute atomic E-state index is 14.9. The number of hydrogen-bond donors (Lipinski definition) is 2. The molecule has 3 aromatic carbocycles. The Kier molecular flexibility index (Phi) is 8.17. The lowest BCUT2D eigenvalue weighted by molar-refractivity contribution is 0.166. The Morgan fingerprint density at radius 3 is 2.26 bits per heavy atom. The Balaban J connectivity index is 1.35. The third kappa shape index (κ3) is 5.90. The number of rotatable bonds is 8. The first kappa shape index (κ1) is 25.3. The number of hydrogen-bond acceptors (Lipinski definition) is 2. The minimum atomic E-state index is -0.831. The van der Waals surface area contributed by atoms with E-state index in [4.69, 9.17) is 0 Å². The van der Waals surface area contributed by atoms with Crippen LogP contribution in [0, 0.1) is 23.4 Å². The molecule has 2 nitrogen and oxygen atoms in total. The van der Waals surface area contributed by atoms with Crippen molar-refractivity contribution in [3.8, 4) is 16.9 Å². The smallest absolute Gasteiger partial charge is 0.166 e. The first-order chi connectivity index (χ1) is 16.9. The van der Waals surface area contributed by atoms with Crippen molar-refractivity contribution in [2.45, 2.75) is 70.3 Å². The number of aliphatic hydroxyl groups is 1. The minimum Gasteiger partial charge on any atom is -0.505 e. The molecule has 1 unspecified atom stereocenters. The van der Waals surface area contributed by atoms with E-state index in [1.54, 1.807) is 42.5 Å². The zero-order valence-electron chi connectivity index (χ0n) is 20.1. The first-order valence-electron chi connectivity index (χ1n) is 12.6. The van der Waals surface area contributed by atoms with Crippen LogP contribution in [0.5, 0.6) is 5.75 Å². The van der Waals surface area contributed by atoms with Crippen LogP contribution in [0.3, 0.4) is 0 Å². The summed E-state index contributed by atoms with van der Waals surface area (Å²) in [5.41, 5.74) is 2.89. The Labute approximate surface area is 205 Å². The van der Waals surface area contributed by atoms with Crippen LogP contribution in [0.25, 0.3) is 11.1 Å². The number of halogens is 3. The highest BCUT2D eigenvalue weighted by atomic mass is 19.2.